The molecule has 7 nitrogen and oxygen atoms in total. The van der Waals surface area contributed by atoms with Gasteiger partial charge in [-0.05, 0) is 18.1 Å². The molecule has 20 heavy (non-hydrogen) atoms. The van der Waals surface area contributed by atoms with Gasteiger partial charge < -0.3 is 10.2 Å². The van der Waals surface area contributed by atoms with E-state index < -0.39 is 4.92 Å². The summed E-state index contributed by atoms with van der Waals surface area (Å²) in [6.45, 7) is 0.681. The molecule has 0 saturated carbocycles. The van der Waals surface area contributed by atoms with Crippen molar-refractivity contribution in [1.29, 1.82) is 0 Å². The van der Waals surface area contributed by atoms with Gasteiger partial charge in [0.15, 0.2) is 0 Å². The number of para-hydroxylation sites is 1. The minimum Gasteiger partial charge on any atom is -0.357 e. The van der Waals surface area contributed by atoms with E-state index >= 15 is 0 Å². The molecule has 1 N–H and O–H groups in total. The number of nitrogens with one attached hydrogen (secondary N) is 1. The van der Waals surface area contributed by atoms with Crippen molar-refractivity contribution in [2.45, 2.75) is 6.42 Å². The number of nitrogens with zero attached hydrogens (tertiary/aromatic N) is 4. The standard InChI is InChI=1S/C13H13N5O2/c1-14-13-15-8-11(18(19)20)12(16-13)17-7-6-9-4-2-3-5-10(9)17/h2-5,8H,6-7H2,1H3,(H,14,15,16). The lowest BCUT2D eigenvalue weighted by Gasteiger charge is -2.18. The van der Waals surface area contributed by atoms with Gasteiger partial charge in [-0.2, -0.15) is 4.98 Å². The molecule has 0 saturated heterocycles. The number of anilines is 3. The second-order valence-electron chi connectivity index (χ2n) is 4.44. The average Bonchev–Trinajstić information content (AvgIpc) is 2.90. The number of benzene rings is 1. The first-order chi connectivity index (χ1) is 9.70. The summed E-state index contributed by atoms with van der Waals surface area (Å²) < 4.78 is 0. The van der Waals surface area contributed by atoms with Crippen LogP contribution in [0, 0.1) is 10.1 Å². The van der Waals surface area contributed by atoms with Crippen LogP contribution in [0.3, 0.4) is 0 Å². The van der Waals surface area contributed by atoms with Gasteiger partial charge in [0.05, 0.1) is 4.92 Å². The highest BCUT2D eigenvalue weighted by Crippen LogP contribution is 2.37. The Bertz CT molecular complexity index is 674. The quantitative estimate of drug-likeness (QED) is 0.680. The van der Waals surface area contributed by atoms with Gasteiger partial charge in [0, 0.05) is 19.3 Å². The smallest absolute Gasteiger partial charge is 0.330 e. The summed E-state index contributed by atoms with van der Waals surface area (Å²) in [4.78, 5) is 20.8. The topological polar surface area (TPSA) is 84.2 Å². The van der Waals surface area contributed by atoms with Crippen LogP contribution in [0.2, 0.25) is 0 Å². The van der Waals surface area contributed by atoms with E-state index in [1.807, 2.05) is 29.2 Å². The third kappa shape index (κ3) is 1.93. The van der Waals surface area contributed by atoms with Crippen LogP contribution in [-0.2, 0) is 6.42 Å². The van der Waals surface area contributed by atoms with Gasteiger partial charge in [-0.25, -0.2) is 4.98 Å². The Balaban J connectivity index is 2.12. The molecule has 0 fully saturated rings. The number of nitro groups is 1. The van der Waals surface area contributed by atoms with Crippen LogP contribution in [0.15, 0.2) is 30.5 Å². The van der Waals surface area contributed by atoms with Crippen LogP contribution < -0.4 is 10.2 Å². The number of hydrogen-bond donors (Lipinski definition) is 1. The lowest BCUT2D eigenvalue weighted by atomic mass is 10.2. The van der Waals surface area contributed by atoms with Gasteiger partial charge in [-0.15, -0.1) is 0 Å². The Morgan fingerprint density at radius 3 is 2.95 bits per heavy atom. The van der Waals surface area contributed by atoms with Crippen molar-refractivity contribution < 1.29 is 4.92 Å². The Hall–Kier alpha value is -2.70. The fourth-order valence-corrected chi connectivity index (χ4v) is 2.37. The highest BCUT2D eigenvalue weighted by Gasteiger charge is 2.28. The molecule has 2 aromatic rings. The highest BCUT2D eigenvalue weighted by molar-refractivity contribution is 5.73. The molecule has 3 rings (SSSR count). The third-order valence-corrected chi connectivity index (χ3v) is 3.31. The fourth-order valence-electron chi connectivity index (χ4n) is 2.37. The molecule has 0 radical (unpaired) electrons. The summed E-state index contributed by atoms with van der Waals surface area (Å²) >= 11 is 0. The van der Waals surface area contributed by atoms with Crippen molar-refractivity contribution in [1.82, 2.24) is 9.97 Å². The molecule has 0 atom stereocenters. The Labute approximate surface area is 115 Å². The second kappa shape index (κ2) is 4.76. The van der Waals surface area contributed by atoms with Crippen LogP contribution in [0.25, 0.3) is 0 Å². The zero-order valence-electron chi connectivity index (χ0n) is 10.9. The summed E-state index contributed by atoms with van der Waals surface area (Å²) in [5.41, 5.74) is 2.06. The molecule has 0 bridgehead atoms. The molecule has 1 aliphatic heterocycles. The van der Waals surface area contributed by atoms with E-state index in [2.05, 4.69) is 15.3 Å². The molecule has 0 aliphatic carbocycles. The lowest BCUT2D eigenvalue weighted by molar-refractivity contribution is -0.384. The molecule has 0 unspecified atom stereocenters. The molecule has 1 aromatic heterocycles. The number of aromatic nitrogens is 2. The van der Waals surface area contributed by atoms with Gasteiger partial charge in [0.1, 0.15) is 6.20 Å². The van der Waals surface area contributed by atoms with Gasteiger partial charge in [-0.3, -0.25) is 10.1 Å². The molecule has 0 amide bonds. The molecule has 0 spiro atoms. The van der Waals surface area contributed by atoms with Crippen LogP contribution in [0.1, 0.15) is 5.56 Å². The SMILES string of the molecule is CNc1ncc([N+](=O)[O-])c(N2CCc3ccccc32)n1. The largest absolute Gasteiger partial charge is 0.357 e. The first-order valence-electron chi connectivity index (χ1n) is 6.25. The van der Waals surface area contributed by atoms with Crippen molar-refractivity contribution >= 4 is 23.1 Å². The molecule has 1 aromatic carbocycles. The number of hydrogen-bond acceptors (Lipinski definition) is 6. The molecule has 102 valence electrons. The maximum atomic E-state index is 11.2. The predicted molar refractivity (Wildman–Crippen MR) is 75.4 cm³/mol. The van der Waals surface area contributed by atoms with Gasteiger partial charge in [-0.1, -0.05) is 18.2 Å². The Kier molecular flexibility index (Phi) is 2.94. The zero-order chi connectivity index (χ0) is 14.1. The molecule has 2 heterocycles. The summed E-state index contributed by atoms with van der Waals surface area (Å²) in [6, 6.07) is 7.87. The monoisotopic (exact) mass is 271 g/mol. The first kappa shape index (κ1) is 12.3. The summed E-state index contributed by atoms with van der Waals surface area (Å²) in [5.74, 6) is 0.703. The minimum atomic E-state index is -0.449. The van der Waals surface area contributed by atoms with Gasteiger partial charge >= 0.3 is 5.69 Å². The molecular formula is C13H13N5O2. The van der Waals surface area contributed by atoms with E-state index in [4.69, 9.17) is 0 Å². The Morgan fingerprint density at radius 1 is 1.40 bits per heavy atom. The predicted octanol–water partition coefficient (Wildman–Crippen LogP) is 2.12. The third-order valence-electron chi connectivity index (χ3n) is 3.31. The fraction of sp³-hybridized carbons (Fsp3) is 0.231. The van der Waals surface area contributed by atoms with E-state index in [0.717, 1.165) is 12.1 Å². The molecule has 1 aliphatic rings. The average molecular weight is 271 g/mol. The molecular weight excluding hydrogens is 258 g/mol. The van der Waals surface area contributed by atoms with Crippen molar-refractivity contribution in [3.05, 3.63) is 46.1 Å². The first-order valence-corrected chi connectivity index (χ1v) is 6.25. The maximum absolute atomic E-state index is 11.2. The maximum Gasteiger partial charge on any atom is 0.330 e. The van der Waals surface area contributed by atoms with Crippen molar-refractivity contribution in [2.24, 2.45) is 0 Å². The van der Waals surface area contributed by atoms with Crippen molar-refractivity contribution in [2.75, 3.05) is 23.8 Å². The van der Waals surface area contributed by atoms with Crippen LogP contribution in [0.4, 0.5) is 23.1 Å². The van der Waals surface area contributed by atoms with Gasteiger partial charge in [0.2, 0.25) is 11.8 Å². The van der Waals surface area contributed by atoms with Gasteiger partial charge in [0.25, 0.3) is 0 Å². The van der Waals surface area contributed by atoms with Crippen LogP contribution >= 0.6 is 0 Å². The van der Waals surface area contributed by atoms with Crippen LogP contribution in [0.5, 0.6) is 0 Å². The number of rotatable bonds is 3. The number of fused-ring (bicyclic) bond motifs is 1. The second-order valence-corrected chi connectivity index (χ2v) is 4.44. The van der Waals surface area contributed by atoms with Crippen molar-refractivity contribution in [3.8, 4) is 0 Å². The summed E-state index contributed by atoms with van der Waals surface area (Å²) in [5, 5.41) is 14.0. The van der Waals surface area contributed by atoms with E-state index in [-0.39, 0.29) is 5.69 Å². The Morgan fingerprint density at radius 2 is 2.20 bits per heavy atom. The highest BCUT2D eigenvalue weighted by atomic mass is 16.6. The van der Waals surface area contributed by atoms with Crippen molar-refractivity contribution in [3.63, 3.8) is 0 Å². The lowest BCUT2D eigenvalue weighted by Crippen LogP contribution is -2.17. The summed E-state index contributed by atoms with van der Waals surface area (Å²) in [7, 11) is 1.68. The normalized spacial score (nSPS) is 13.2. The van der Waals surface area contributed by atoms with E-state index in [1.165, 1.54) is 11.8 Å². The van der Waals surface area contributed by atoms with E-state index in [1.54, 1.807) is 7.05 Å². The van der Waals surface area contributed by atoms with E-state index in [9.17, 15) is 10.1 Å². The zero-order valence-corrected chi connectivity index (χ0v) is 10.9. The molecule has 7 heteroatoms. The minimum absolute atomic E-state index is 0.0827. The summed E-state index contributed by atoms with van der Waals surface area (Å²) in [6.07, 6.45) is 2.10. The van der Waals surface area contributed by atoms with E-state index in [0.29, 0.717) is 18.3 Å². The van der Waals surface area contributed by atoms with Crippen LogP contribution in [-0.4, -0.2) is 28.5 Å².